The fraction of sp³-hybridized carbons (Fsp3) is 0.250. The normalized spacial score (nSPS) is 14.0. The van der Waals surface area contributed by atoms with Crippen LogP contribution in [0.25, 0.3) is 0 Å². The Kier molecular flexibility index (Phi) is 4.78. The van der Waals surface area contributed by atoms with Gasteiger partial charge in [0.25, 0.3) is 0 Å². The number of phenols is 1. The molecule has 0 spiro atoms. The summed E-state index contributed by atoms with van der Waals surface area (Å²) < 4.78 is 14.6. The lowest BCUT2D eigenvalue weighted by Crippen LogP contribution is -2.23. The van der Waals surface area contributed by atoms with Crippen LogP contribution in [-0.4, -0.2) is 5.11 Å². The molecule has 0 saturated carbocycles. The Morgan fingerprint density at radius 1 is 1.10 bits per heavy atom. The van der Waals surface area contributed by atoms with Crippen molar-refractivity contribution in [2.24, 2.45) is 0 Å². The summed E-state index contributed by atoms with van der Waals surface area (Å²) in [6.07, 6.45) is 0. The molecule has 0 radical (unpaired) electrons. The zero-order valence-electron chi connectivity index (χ0n) is 11.4. The highest BCUT2D eigenvalue weighted by Crippen LogP contribution is 2.25. The Morgan fingerprint density at radius 2 is 1.85 bits per heavy atom. The molecule has 0 heterocycles. The van der Waals surface area contributed by atoms with E-state index in [-0.39, 0.29) is 23.7 Å². The molecule has 2 N–H and O–H groups in total. The molecule has 4 heteroatoms. The van der Waals surface area contributed by atoms with Gasteiger partial charge < -0.3 is 10.4 Å². The Labute approximate surface area is 126 Å². The van der Waals surface area contributed by atoms with E-state index >= 15 is 0 Å². The number of halogens is 2. The van der Waals surface area contributed by atoms with Crippen LogP contribution in [0.15, 0.2) is 46.9 Å². The van der Waals surface area contributed by atoms with Gasteiger partial charge in [0.05, 0.1) is 0 Å². The maximum Gasteiger partial charge on any atom is 0.129 e. The van der Waals surface area contributed by atoms with Gasteiger partial charge in [0, 0.05) is 22.1 Å². The van der Waals surface area contributed by atoms with Crippen LogP contribution in [0.4, 0.5) is 4.39 Å². The lowest BCUT2D eigenvalue weighted by molar-refractivity contribution is 0.460. The number of aromatic hydroxyl groups is 1. The van der Waals surface area contributed by atoms with Crippen molar-refractivity contribution in [2.75, 3.05) is 0 Å². The predicted molar refractivity (Wildman–Crippen MR) is 82.2 cm³/mol. The van der Waals surface area contributed by atoms with Crippen molar-refractivity contribution in [3.8, 4) is 5.75 Å². The van der Waals surface area contributed by atoms with Gasteiger partial charge in [-0.15, -0.1) is 0 Å². The molecule has 0 saturated heterocycles. The molecule has 0 bridgehead atoms. The molecule has 106 valence electrons. The molecule has 2 aromatic carbocycles. The second-order valence-electron chi connectivity index (χ2n) is 4.87. The lowest BCUT2D eigenvalue weighted by atomic mass is 10.0. The summed E-state index contributed by atoms with van der Waals surface area (Å²) in [6.45, 7) is 3.91. The van der Waals surface area contributed by atoms with Crippen molar-refractivity contribution < 1.29 is 9.50 Å². The summed E-state index contributed by atoms with van der Waals surface area (Å²) in [5.41, 5.74) is 1.59. The standard InChI is InChI=1S/C16H17BrFNO/c1-10(12-4-3-5-14(20)8-12)19-11(2)15-7-6-13(17)9-16(15)18/h3-11,19-20H,1-2H3. The van der Waals surface area contributed by atoms with Gasteiger partial charge in [0.2, 0.25) is 0 Å². The van der Waals surface area contributed by atoms with E-state index in [2.05, 4.69) is 21.2 Å². The molecule has 2 rings (SSSR count). The molecule has 0 aliphatic heterocycles. The molecular formula is C16H17BrFNO. The van der Waals surface area contributed by atoms with Crippen molar-refractivity contribution in [3.05, 3.63) is 63.9 Å². The van der Waals surface area contributed by atoms with Gasteiger partial charge in [-0.2, -0.15) is 0 Å². The molecule has 0 aliphatic carbocycles. The smallest absolute Gasteiger partial charge is 0.129 e. The fourth-order valence-corrected chi connectivity index (χ4v) is 2.54. The first kappa shape index (κ1) is 15.0. The average molecular weight is 338 g/mol. The van der Waals surface area contributed by atoms with Crippen LogP contribution in [0.2, 0.25) is 0 Å². The van der Waals surface area contributed by atoms with Crippen LogP contribution in [0.3, 0.4) is 0 Å². The summed E-state index contributed by atoms with van der Waals surface area (Å²) in [7, 11) is 0. The van der Waals surface area contributed by atoms with Gasteiger partial charge in [0.1, 0.15) is 11.6 Å². The largest absolute Gasteiger partial charge is 0.508 e. The number of hydrogen-bond donors (Lipinski definition) is 2. The van der Waals surface area contributed by atoms with E-state index in [4.69, 9.17) is 0 Å². The number of nitrogens with one attached hydrogen (secondary N) is 1. The van der Waals surface area contributed by atoms with E-state index in [1.165, 1.54) is 6.07 Å². The maximum absolute atomic E-state index is 13.9. The maximum atomic E-state index is 13.9. The Bertz CT molecular complexity index is 603. The van der Waals surface area contributed by atoms with Gasteiger partial charge in [-0.05, 0) is 43.7 Å². The third-order valence-electron chi connectivity index (χ3n) is 3.30. The molecule has 0 amide bonds. The van der Waals surface area contributed by atoms with E-state index in [0.717, 1.165) is 10.0 Å². The fourth-order valence-electron chi connectivity index (χ4n) is 2.21. The highest BCUT2D eigenvalue weighted by molar-refractivity contribution is 9.10. The molecule has 0 fully saturated rings. The van der Waals surface area contributed by atoms with E-state index in [0.29, 0.717) is 5.56 Å². The molecule has 0 aromatic heterocycles. The van der Waals surface area contributed by atoms with Crippen LogP contribution < -0.4 is 5.32 Å². The van der Waals surface area contributed by atoms with E-state index in [9.17, 15) is 9.50 Å². The highest BCUT2D eigenvalue weighted by Gasteiger charge is 2.14. The minimum Gasteiger partial charge on any atom is -0.508 e. The first-order valence-electron chi connectivity index (χ1n) is 6.47. The number of phenolic OH excluding ortho intramolecular Hbond substituents is 1. The first-order valence-corrected chi connectivity index (χ1v) is 7.26. The van der Waals surface area contributed by atoms with Crippen LogP contribution in [0.1, 0.15) is 37.1 Å². The molecule has 2 unspecified atom stereocenters. The Morgan fingerprint density at radius 3 is 2.50 bits per heavy atom. The molecule has 2 aromatic rings. The van der Waals surface area contributed by atoms with Crippen LogP contribution >= 0.6 is 15.9 Å². The quantitative estimate of drug-likeness (QED) is 0.847. The number of hydrogen-bond acceptors (Lipinski definition) is 2. The first-order chi connectivity index (χ1) is 9.47. The van der Waals surface area contributed by atoms with E-state index < -0.39 is 0 Å². The van der Waals surface area contributed by atoms with Crippen LogP contribution in [0.5, 0.6) is 5.75 Å². The van der Waals surface area contributed by atoms with Crippen molar-refractivity contribution in [3.63, 3.8) is 0 Å². The zero-order chi connectivity index (χ0) is 14.7. The minimum absolute atomic E-state index is 0.0140. The zero-order valence-corrected chi connectivity index (χ0v) is 13.0. The van der Waals surface area contributed by atoms with E-state index in [1.54, 1.807) is 24.3 Å². The van der Waals surface area contributed by atoms with Crippen LogP contribution in [-0.2, 0) is 0 Å². The van der Waals surface area contributed by atoms with Crippen molar-refractivity contribution >= 4 is 15.9 Å². The summed E-state index contributed by atoms with van der Waals surface area (Å²) in [6, 6.07) is 12.0. The molecule has 2 atom stereocenters. The summed E-state index contributed by atoms with van der Waals surface area (Å²) >= 11 is 3.25. The molecule has 0 aliphatic rings. The van der Waals surface area contributed by atoms with Crippen molar-refractivity contribution in [2.45, 2.75) is 25.9 Å². The summed E-state index contributed by atoms with van der Waals surface area (Å²) in [5.74, 6) is 0.00103. The third-order valence-corrected chi connectivity index (χ3v) is 3.79. The average Bonchev–Trinajstić information content (AvgIpc) is 2.38. The Balaban J connectivity index is 2.12. The second kappa shape index (κ2) is 6.37. The second-order valence-corrected chi connectivity index (χ2v) is 5.79. The topological polar surface area (TPSA) is 32.3 Å². The summed E-state index contributed by atoms with van der Waals surface area (Å²) in [5, 5.41) is 12.8. The third kappa shape index (κ3) is 3.58. The van der Waals surface area contributed by atoms with Crippen molar-refractivity contribution in [1.29, 1.82) is 0 Å². The van der Waals surface area contributed by atoms with Crippen molar-refractivity contribution in [1.82, 2.24) is 5.32 Å². The monoisotopic (exact) mass is 337 g/mol. The van der Waals surface area contributed by atoms with E-state index in [1.807, 2.05) is 26.0 Å². The van der Waals surface area contributed by atoms with Gasteiger partial charge in [-0.25, -0.2) is 4.39 Å². The summed E-state index contributed by atoms with van der Waals surface area (Å²) in [4.78, 5) is 0. The minimum atomic E-state index is -0.234. The molecule has 20 heavy (non-hydrogen) atoms. The van der Waals surface area contributed by atoms with Gasteiger partial charge in [-0.1, -0.05) is 34.1 Å². The van der Waals surface area contributed by atoms with Gasteiger partial charge >= 0.3 is 0 Å². The van der Waals surface area contributed by atoms with Gasteiger partial charge in [-0.3, -0.25) is 0 Å². The SMILES string of the molecule is CC(NC(C)c1ccc(Br)cc1F)c1cccc(O)c1. The Hall–Kier alpha value is -1.39. The lowest BCUT2D eigenvalue weighted by Gasteiger charge is -2.21. The molecular weight excluding hydrogens is 321 g/mol. The number of rotatable bonds is 4. The number of benzene rings is 2. The van der Waals surface area contributed by atoms with Crippen LogP contribution in [0, 0.1) is 5.82 Å². The predicted octanol–water partition coefficient (Wildman–Crippen LogP) is 4.71. The van der Waals surface area contributed by atoms with Gasteiger partial charge in [0.15, 0.2) is 0 Å². The molecule has 2 nitrogen and oxygen atoms in total. The highest BCUT2D eigenvalue weighted by atomic mass is 79.9.